The van der Waals surface area contributed by atoms with Crippen molar-refractivity contribution in [2.45, 2.75) is 19.0 Å². The van der Waals surface area contributed by atoms with Crippen LogP contribution in [0.4, 0.5) is 18.9 Å². The summed E-state index contributed by atoms with van der Waals surface area (Å²) in [4.78, 5) is 0. The third-order valence-corrected chi connectivity index (χ3v) is 3.36. The highest BCUT2D eigenvalue weighted by molar-refractivity contribution is 5.57. The summed E-state index contributed by atoms with van der Waals surface area (Å²) in [6.07, 6.45) is -2.35. The second kappa shape index (κ2) is 5.69. The SMILES string of the molecule is Oc1cc(C(F)(F)F)ccc1NCC1CCNCC1. The molecule has 106 valence electrons. The second-order valence-corrected chi connectivity index (χ2v) is 4.80. The molecule has 1 aromatic carbocycles. The number of halogens is 3. The Morgan fingerprint density at radius 2 is 1.95 bits per heavy atom. The first kappa shape index (κ1) is 14.0. The van der Waals surface area contributed by atoms with Crippen LogP contribution in [0.25, 0.3) is 0 Å². The van der Waals surface area contributed by atoms with Crippen LogP contribution in [0.3, 0.4) is 0 Å². The van der Waals surface area contributed by atoms with Crippen LogP contribution in [-0.2, 0) is 6.18 Å². The van der Waals surface area contributed by atoms with E-state index in [2.05, 4.69) is 10.6 Å². The van der Waals surface area contributed by atoms with Gasteiger partial charge in [0.15, 0.2) is 0 Å². The molecule has 3 N–H and O–H groups in total. The van der Waals surface area contributed by atoms with E-state index in [0.29, 0.717) is 18.2 Å². The van der Waals surface area contributed by atoms with Crippen molar-refractivity contribution in [3.05, 3.63) is 23.8 Å². The Hall–Kier alpha value is -1.43. The Balaban J connectivity index is 1.97. The monoisotopic (exact) mass is 274 g/mol. The van der Waals surface area contributed by atoms with E-state index in [0.717, 1.165) is 38.1 Å². The van der Waals surface area contributed by atoms with E-state index in [4.69, 9.17) is 0 Å². The van der Waals surface area contributed by atoms with Crippen molar-refractivity contribution in [3.63, 3.8) is 0 Å². The van der Waals surface area contributed by atoms with Gasteiger partial charge in [-0.05, 0) is 50.0 Å². The Morgan fingerprint density at radius 1 is 1.26 bits per heavy atom. The number of alkyl halides is 3. The molecule has 6 heteroatoms. The average molecular weight is 274 g/mol. The zero-order valence-electron chi connectivity index (χ0n) is 10.4. The molecule has 1 heterocycles. The second-order valence-electron chi connectivity index (χ2n) is 4.80. The molecule has 3 nitrogen and oxygen atoms in total. The van der Waals surface area contributed by atoms with Crippen LogP contribution in [0.15, 0.2) is 18.2 Å². The lowest BCUT2D eigenvalue weighted by Crippen LogP contribution is -2.31. The van der Waals surface area contributed by atoms with Gasteiger partial charge in [-0.25, -0.2) is 0 Å². The standard InChI is InChI=1S/C13H17F3N2O/c14-13(15,16)10-1-2-11(12(19)7-10)18-8-9-3-5-17-6-4-9/h1-2,7,9,17-19H,3-6,8H2. The third kappa shape index (κ3) is 3.76. The van der Waals surface area contributed by atoms with Gasteiger partial charge in [0.05, 0.1) is 11.3 Å². The number of aromatic hydroxyl groups is 1. The number of phenols is 1. The minimum Gasteiger partial charge on any atom is -0.506 e. The number of hydrogen-bond acceptors (Lipinski definition) is 3. The van der Waals surface area contributed by atoms with Crippen molar-refractivity contribution in [1.29, 1.82) is 0 Å². The van der Waals surface area contributed by atoms with Crippen LogP contribution in [0.1, 0.15) is 18.4 Å². The van der Waals surface area contributed by atoms with Gasteiger partial charge in [0, 0.05) is 6.54 Å². The Morgan fingerprint density at radius 3 is 2.53 bits per heavy atom. The molecule has 0 unspecified atom stereocenters. The molecule has 2 rings (SSSR count). The van der Waals surface area contributed by atoms with Crippen molar-refractivity contribution in [2.75, 3.05) is 25.0 Å². The summed E-state index contributed by atoms with van der Waals surface area (Å²) in [6, 6.07) is 3.01. The smallest absolute Gasteiger partial charge is 0.416 e. The maximum Gasteiger partial charge on any atom is 0.416 e. The van der Waals surface area contributed by atoms with E-state index in [9.17, 15) is 18.3 Å². The molecular weight excluding hydrogens is 257 g/mol. The van der Waals surface area contributed by atoms with Crippen molar-refractivity contribution in [3.8, 4) is 5.75 Å². The van der Waals surface area contributed by atoms with Gasteiger partial charge < -0.3 is 15.7 Å². The highest BCUT2D eigenvalue weighted by Gasteiger charge is 2.31. The molecule has 0 amide bonds. The number of piperidine rings is 1. The van der Waals surface area contributed by atoms with E-state index < -0.39 is 11.7 Å². The van der Waals surface area contributed by atoms with Crippen LogP contribution in [-0.4, -0.2) is 24.7 Å². The largest absolute Gasteiger partial charge is 0.506 e. The van der Waals surface area contributed by atoms with Crippen LogP contribution >= 0.6 is 0 Å². The highest BCUT2D eigenvalue weighted by Crippen LogP contribution is 2.34. The van der Waals surface area contributed by atoms with Gasteiger partial charge in [0.1, 0.15) is 5.75 Å². The number of nitrogens with one attached hydrogen (secondary N) is 2. The fraction of sp³-hybridized carbons (Fsp3) is 0.538. The van der Waals surface area contributed by atoms with Gasteiger partial charge in [-0.2, -0.15) is 13.2 Å². The molecule has 0 atom stereocenters. The lowest BCUT2D eigenvalue weighted by Gasteiger charge is -2.23. The summed E-state index contributed by atoms with van der Waals surface area (Å²) in [5, 5.41) is 15.9. The fourth-order valence-electron chi connectivity index (χ4n) is 2.20. The molecule has 1 saturated heterocycles. The first-order chi connectivity index (χ1) is 8.97. The topological polar surface area (TPSA) is 44.3 Å². The maximum absolute atomic E-state index is 12.4. The van der Waals surface area contributed by atoms with E-state index in [1.165, 1.54) is 6.07 Å². The molecule has 0 aliphatic carbocycles. The fourth-order valence-corrected chi connectivity index (χ4v) is 2.20. The van der Waals surface area contributed by atoms with Crippen LogP contribution in [0.5, 0.6) is 5.75 Å². The van der Waals surface area contributed by atoms with Gasteiger partial charge in [-0.1, -0.05) is 0 Å². The molecule has 1 fully saturated rings. The summed E-state index contributed by atoms with van der Waals surface area (Å²) in [5.41, 5.74) is -0.482. The summed E-state index contributed by atoms with van der Waals surface area (Å²) in [5.74, 6) is 0.131. The highest BCUT2D eigenvalue weighted by atomic mass is 19.4. The van der Waals surface area contributed by atoms with Crippen LogP contribution < -0.4 is 10.6 Å². The molecule has 0 bridgehead atoms. The van der Waals surface area contributed by atoms with Gasteiger partial charge in [-0.15, -0.1) is 0 Å². The predicted octanol–water partition coefficient (Wildman–Crippen LogP) is 2.82. The number of phenolic OH excluding ortho intramolecular Hbond substituents is 1. The molecule has 0 aromatic heterocycles. The van der Waals surface area contributed by atoms with Gasteiger partial charge in [0.2, 0.25) is 0 Å². The van der Waals surface area contributed by atoms with Gasteiger partial charge in [-0.3, -0.25) is 0 Å². The van der Waals surface area contributed by atoms with Gasteiger partial charge in [0.25, 0.3) is 0 Å². The van der Waals surface area contributed by atoms with Crippen molar-refractivity contribution < 1.29 is 18.3 Å². The average Bonchev–Trinajstić information content (AvgIpc) is 2.37. The zero-order chi connectivity index (χ0) is 13.9. The first-order valence-electron chi connectivity index (χ1n) is 6.31. The van der Waals surface area contributed by atoms with E-state index in [1.54, 1.807) is 0 Å². The summed E-state index contributed by atoms with van der Waals surface area (Å²) >= 11 is 0. The summed E-state index contributed by atoms with van der Waals surface area (Å²) < 4.78 is 37.3. The molecular formula is C13H17F3N2O. The molecule has 0 radical (unpaired) electrons. The predicted molar refractivity (Wildman–Crippen MR) is 67.2 cm³/mol. The third-order valence-electron chi connectivity index (χ3n) is 3.36. The minimum atomic E-state index is -4.43. The van der Waals surface area contributed by atoms with Crippen molar-refractivity contribution >= 4 is 5.69 Å². The Kier molecular flexibility index (Phi) is 4.19. The van der Waals surface area contributed by atoms with Crippen molar-refractivity contribution in [1.82, 2.24) is 5.32 Å². The number of hydrogen-bond donors (Lipinski definition) is 3. The molecule has 19 heavy (non-hydrogen) atoms. The van der Waals surface area contributed by atoms with E-state index >= 15 is 0 Å². The van der Waals surface area contributed by atoms with Crippen LogP contribution in [0.2, 0.25) is 0 Å². The maximum atomic E-state index is 12.4. The molecule has 0 spiro atoms. The zero-order valence-corrected chi connectivity index (χ0v) is 10.4. The van der Waals surface area contributed by atoms with Gasteiger partial charge >= 0.3 is 6.18 Å². The number of rotatable bonds is 3. The number of anilines is 1. The Labute approximate surface area is 109 Å². The summed E-state index contributed by atoms with van der Waals surface area (Å²) in [6.45, 7) is 2.59. The first-order valence-corrected chi connectivity index (χ1v) is 6.31. The number of benzene rings is 1. The lowest BCUT2D eigenvalue weighted by molar-refractivity contribution is -0.137. The Bertz CT molecular complexity index is 428. The van der Waals surface area contributed by atoms with E-state index in [-0.39, 0.29) is 5.75 Å². The molecule has 1 aromatic rings. The normalized spacial score (nSPS) is 17.4. The van der Waals surface area contributed by atoms with Crippen LogP contribution in [0, 0.1) is 5.92 Å². The molecule has 1 aliphatic rings. The molecule has 0 saturated carbocycles. The van der Waals surface area contributed by atoms with Crippen molar-refractivity contribution in [2.24, 2.45) is 5.92 Å². The minimum absolute atomic E-state index is 0.353. The van der Waals surface area contributed by atoms with E-state index in [1.807, 2.05) is 0 Å². The molecule has 1 aliphatic heterocycles. The quantitative estimate of drug-likeness (QED) is 0.743. The lowest BCUT2D eigenvalue weighted by atomic mass is 9.98. The summed E-state index contributed by atoms with van der Waals surface area (Å²) in [7, 11) is 0.